The second-order valence-corrected chi connectivity index (χ2v) is 4.06. The number of carbonyl (C=O) groups is 1. The van der Waals surface area contributed by atoms with Gasteiger partial charge in [-0.05, 0) is 19.9 Å². The van der Waals surface area contributed by atoms with Gasteiger partial charge in [-0.25, -0.2) is 9.50 Å². The predicted octanol–water partition coefficient (Wildman–Crippen LogP) is 0.876. The monoisotopic (exact) mass is 243 g/mol. The van der Waals surface area contributed by atoms with Gasteiger partial charge in [0, 0.05) is 23.5 Å². The number of aromatic nitrogens is 3. The van der Waals surface area contributed by atoms with Crippen molar-refractivity contribution in [1.82, 2.24) is 19.9 Å². The first-order valence-electron chi connectivity index (χ1n) is 5.56. The fraction of sp³-hybridized carbons (Fsp3) is 0.333. The molecular formula is C12H13N5O. The van der Waals surface area contributed by atoms with Gasteiger partial charge in [-0.15, -0.1) is 0 Å². The molecule has 2 aromatic heterocycles. The molecule has 6 nitrogen and oxygen atoms in total. The first-order chi connectivity index (χ1) is 8.61. The molecule has 2 heterocycles. The van der Waals surface area contributed by atoms with E-state index in [4.69, 9.17) is 5.26 Å². The lowest BCUT2D eigenvalue weighted by Crippen LogP contribution is -2.21. The van der Waals surface area contributed by atoms with E-state index in [0.717, 1.165) is 22.6 Å². The Bertz CT molecular complexity index is 638. The third kappa shape index (κ3) is 2.30. The molecule has 92 valence electrons. The van der Waals surface area contributed by atoms with E-state index < -0.39 is 0 Å². The highest BCUT2D eigenvalue weighted by molar-refractivity contribution is 5.78. The van der Waals surface area contributed by atoms with E-state index in [1.165, 1.54) is 0 Å². The minimum atomic E-state index is -0.291. The van der Waals surface area contributed by atoms with Gasteiger partial charge >= 0.3 is 0 Å². The van der Waals surface area contributed by atoms with Crippen molar-refractivity contribution in [2.75, 3.05) is 0 Å². The van der Waals surface area contributed by atoms with Crippen molar-refractivity contribution in [2.24, 2.45) is 0 Å². The summed E-state index contributed by atoms with van der Waals surface area (Å²) in [6.45, 7) is 4.20. The van der Waals surface area contributed by atoms with E-state index in [-0.39, 0.29) is 12.3 Å². The summed E-state index contributed by atoms with van der Waals surface area (Å²) in [7, 11) is 0. The van der Waals surface area contributed by atoms with Crippen molar-refractivity contribution in [3.05, 3.63) is 29.2 Å². The van der Waals surface area contributed by atoms with Crippen molar-refractivity contribution < 1.29 is 4.79 Å². The van der Waals surface area contributed by atoms with Crippen molar-refractivity contribution in [2.45, 2.75) is 26.8 Å². The van der Waals surface area contributed by atoms with Crippen molar-refractivity contribution in [1.29, 1.82) is 5.26 Å². The lowest BCUT2D eigenvalue weighted by Gasteiger charge is -2.03. The molecule has 1 N–H and O–H groups in total. The number of aryl methyl sites for hydroxylation is 2. The zero-order chi connectivity index (χ0) is 13.1. The van der Waals surface area contributed by atoms with E-state index in [2.05, 4.69) is 15.4 Å². The van der Waals surface area contributed by atoms with Crippen molar-refractivity contribution in [3.8, 4) is 6.07 Å². The molecule has 0 fully saturated rings. The molecule has 18 heavy (non-hydrogen) atoms. The summed E-state index contributed by atoms with van der Waals surface area (Å²) in [6, 6.07) is 3.75. The number of carbonyl (C=O) groups excluding carboxylic acids is 1. The fourth-order valence-corrected chi connectivity index (χ4v) is 1.77. The topological polar surface area (TPSA) is 83.1 Å². The number of nitriles is 1. The molecule has 0 saturated carbocycles. The molecule has 0 aliphatic rings. The Kier molecular flexibility index (Phi) is 3.24. The Morgan fingerprint density at radius 2 is 2.33 bits per heavy atom. The largest absolute Gasteiger partial charge is 0.351 e. The first-order valence-corrected chi connectivity index (χ1v) is 5.56. The summed E-state index contributed by atoms with van der Waals surface area (Å²) in [5.41, 5.74) is 3.48. The Balaban J connectivity index is 2.25. The molecular weight excluding hydrogens is 230 g/mol. The Morgan fingerprint density at radius 3 is 3.06 bits per heavy atom. The molecule has 0 aliphatic heterocycles. The van der Waals surface area contributed by atoms with Gasteiger partial charge in [0.2, 0.25) is 5.91 Å². The molecule has 0 aliphatic carbocycles. The maximum absolute atomic E-state index is 11.2. The van der Waals surface area contributed by atoms with Gasteiger partial charge in [0.25, 0.3) is 0 Å². The van der Waals surface area contributed by atoms with Gasteiger partial charge in [0.15, 0.2) is 5.65 Å². The summed E-state index contributed by atoms with van der Waals surface area (Å²) in [4.78, 5) is 15.6. The SMILES string of the molecule is Cc1cc(C)n2ncc(CNC(=O)CC#N)c2n1. The zero-order valence-corrected chi connectivity index (χ0v) is 10.3. The van der Waals surface area contributed by atoms with Gasteiger partial charge in [-0.1, -0.05) is 0 Å². The molecule has 0 aromatic carbocycles. The van der Waals surface area contributed by atoms with Crippen LogP contribution in [0.3, 0.4) is 0 Å². The Labute approximate surface area is 104 Å². The van der Waals surface area contributed by atoms with Crippen LogP contribution in [0.4, 0.5) is 0 Å². The van der Waals surface area contributed by atoms with Crippen LogP contribution in [0.15, 0.2) is 12.3 Å². The molecule has 0 spiro atoms. The van der Waals surface area contributed by atoms with E-state index in [1.54, 1.807) is 16.8 Å². The molecule has 0 unspecified atom stereocenters. The van der Waals surface area contributed by atoms with E-state index in [9.17, 15) is 4.79 Å². The minimum Gasteiger partial charge on any atom is -0.351 e. The summed E-state index contributed by atoms with van der Waals surface area (Å²) in [5, 5.41) is 15.3. The number of nitrogens with zero attached hydrogens (tertiary/aromatic N) is 4. The molecule has 2 rings (SSSR count). The first kappa shape index (κ1) is 12.0. The minimum absolute atomic E-state index is 0.134. The molecule has 0 bridgehead atoms. The van der Waals surface area contributed by atoms with Crippen LogP contribution in [-0.2, 0) is 11.3 Å². The van der Waals surface area contributed by atoms with E-state index >= 15 is 0 Å². The van der Waals surface area contributed by atoms with Crippen LogP contribution in [0.2, 0.25) is 0 Å². The van der Waals surface area contributed by atoms with Crippen LogP contribution in [0, 0.1) is 25.2 Å². The highest BCUT2D eigenvalue weighted by Gasteiger charge is 2.09. The number of rotatable bonds is 3. The Morgan fingerprint density at radius 1 is 1.56 bits per heavy atom. The van der Waals surface area contributed by atoms with Crippen molar-refractivity contribution >= 4 is 11.6 Å². The highest BCUT2D eigenvalue weighted by Crippen LogP contribution is 2.11. The Hall–Kier alpha value is -2.42. The number of nitrogens with one attached hydrogen (secondary N) is 1. The van der Waals surface area contributed by atoms with Gasteiger partial charge in [0.1, 0.15) is 6.42 Å². The predicted molar refractivity (Wildman–Crippen MR) is 64.5 cm³/mol. The van der Waals surface area contributed by atoms with Crippen LogP contribution in [-0.4, -0.2) is 20.5 Å². The maximum Gasteiger partial charge on any atom is 0.234 e. The second kappa shape index (κ2) is 4.84. The molecule has 2 aromatic rings. The van der Waals surface area contributed by atoms with E-state index in [0.29, 0.717) is 6.54 Å². The maximum atomic E-state index is 11.2. The lowest BCUT2D eigenvalue weighted by molar-refractivity contribution is -0.120. The van der Waals surface area contributed by atoms with Gasteiger partial charge in [-0.2, -0.15) is 10.4 Å². The van der Waals surface area contributed by atoms with Crippen molar-refractivity contribution in [3.63, 3.8) is 0 Å². The molecule has 0 radical (unpaired) electrons. The molecule has 1 amide bonds. The van der Waals surface area contributed by atoms with Crippen LogP contribution in [0.1, 0.15) is 23.4 Å². The number of hydrogen-bond acceptors (Lipinski definition) is 4. The highest BCUT2D eigenvalue weighted by atomic mass is 16.1. The van der Waals surface area contributed by atoms with Gasteiger partial charge in [0.05, 0.1) is 12.3 Å². The molecule has 0 saturated heterocycles. The van der Waals surface area contributed by atoms with Crippen LogP contribution in [0.25, 0.3) is 5.65 Å². The third-order valence-corrected chi connectivity index (χ3v) is 2.57. The summed E-state index contributed by atoms with van der Waals surface area (Å²) < 4.78 is 1.73. The average Bonchev–Trinajstić information content (AvgIpc) is 2.70. The summed E-state index contributed by atoms with van der Waals surface area (Å²) in [5.74, 6) is -0.291. The quantitative estimate of drug-likeness (QED) is 0.867. The van der Waals surface area contributed by atoms with Gasteiger partial charge < -0.3 is 5.32 Å². The number of amides is 1. The molecule has 6 heteroatoms. The lowest BCUT2D eigenvalue weighted by atomic mass is 10.3. The normalized spacial score (nSPS) is 10.3. The van der Waals surface area contributed by atoms with Crippen LogP contribution >= 0.6 is 0 Å². The molecule has 0 atom stereocenters. The van der Waals surface area contributed by atoms with Crippen LogP contribution < -0.4 is 5.32 Å². The van der Waals surface area contributed by atoms with E-state index in [1.807, 2.05) is 19.9 Å². The average molecular weight is 243 g/mol. The zero-order valence-electron chi connectivity index (χ0n) is 10.3. The fourth-order valence-electron chi connectivity index (χ4n) is 1.77. The smallest absolute Gasteiger partial charge is 0.234 e. The van der Waals surface area contributed by atoms with Crippen LogP contribution in [0.5, 0.6) is 0 Å². The number of hydrogen-bond donors (Lipinski definition) is 1. The van der Waals surface area contributed by atoms with Gasteiger partial charge in [-0.3, -0.25) is 4.79 Å². The number of fused-ring (bicyclic) bond motifs is 1. The summed E-state index contributed by atoms with van der Waals surface area (Å²) >= 11 is 0. The standard InChI is InChI=1S/C12H13N5O/c1-8-5-9(2)17-12(16-8)10(7-15-17)6-14-11(18)3-4-13/h5,7H,3,6H2,1-2H3,(H,14,18). The third-order valence-electron chi connectivity index (χ3n) is 2.57. The second-order valence-electron chi connectivity index (χ2n) is 4.06. The summed E-state index contributed by atoms with van der Waals surface area (Å²) in [6.07, 6.45) is 1.55.